The molecule has 1 atom stereocenters. The first-order valence-corrected chi connectivity index (χ1v) is 8.06. The summed E-state index contributed by atoms with van der Waals surface area (Å²) in [6, 6.07) is 9.06. The Kier molecular flexibility index (Phi) is 6.55. The molecule has 1 aromatic heterocycles. The molecule has 1 unspecified atom stereocenters. The molecule has 2 amide bonds. The highest BCUT2D eigenvalue weighted by atomic mass is 35.5. The van der Waals surface area contributed by atoms with E-state index in [0.29, 0.717) is 17.4 Å². The number of nitrogens with two attached hydrogens (primary N) is 1. The van der Waals surface area contributed by atoms with Crippen LogP contribution in [-0.4, -0.2) is 34.7 Å². The van der Waals surface area contributed by atoms with Crippen molar-refractivity contribution in [1.82, 2.24) is 15.1 Å². The number of carbonyl (C=O) groups is 2. The molecular formula is C17H22ClN5O2. The predicted octanol–water partition coefficient (Wildman–Crippen LogP) is 1.51. The van der Waals surface area contributed by atoms with Gasteiger partial charge in [0.2, 0.25) is 5.91 Å². The van der Waals surface area contributed by atoms with E-state index < -0.39 is 0 Å². The van der Waals surface area contributed by atoms with Crippen molar-refractivity contribution in [3.63, 3.8) is 0 Å². The summed E-state index contributed by atoms with van der Waals surface area (Å²) in [5.74, 6) is -0.630. The second-order valence-corrected chi connectivity index (χ2v) is 5.98. The van der Waals surface area contributed by atoms with Gasteiger partial charge in [0.05, 0.1) is 12.5 Å². The van der Waals surface area contributed by atoms with Gasteiger partial charge in [-0.2, -0.15) is 5.10 Å². The number of nitrogens with one attached hydrogen (secondary N) is 2. The summed E-state index contributed by atoms with van der Waals surface area (Å²) in [6.45, 7) is 1.92. The lowest BCUT2D eigenvalue weighted by Gasteiger charge is -2.22. The molecule has 0 saturated carbocycles. The Morgan fingerprint density at radius 3 is 2.68 bits per heavy atom. The smallest absolute Gasteiger partial charge is 0.276 e. The Labute approximate surface area is 152 Å². The first kappa shape index (κ1) is 19.0. The zero-order chi connectivity index (χ0) is 16.9. The molecular weight excluding hydrogens is 342 g/mol. The predicted molar refractivity (Wildman–Crippen MR) is 97.9 cm³/mol. The molecule has 1 aliphatic rings. The molecule has 0 bridgehead atoms. The van der Waals surface area contributed by atoms with Gasteiger partial charge in [-0.15, -0.1) is 12.4 Å². The minimum absolute atomic E-state index is 0. The Morgan fingerprint density at radius 1 is 1.28 bits per heavy atom. The van der Waals surface area contributed by atoms with Crippen LogP contribution in [0.15, 0.2) is 36.5 Å². The third-order valence-corrected chi connectivity index (χ3v) is 4.08. The number of nitrogens with zero attached hydrogens (tertiary/aromatic N) is 2. The molecule has 2 heterocycles. The number of rotatable bonds is 5. The molecule has 0 radical (unpaired) electrons. The van der Waals surface area contributed by atoms with Gasteiger partial charge in [0.15, 0.2) is 5.69 Å². The molecule has 3 rings (SSSR count). The van der Waals surface area contributed by atoms with Crippen molar-refractivity contribution < 1.29 is 9.59 Å². The summed E-state index contributed by atoms with van der Waals surface area (Å²) in [7, 11) is 0. The number of aromatic nitrogens is 2. The van der Waals surface area contributed by atoms with Crippen molar-refractivity contribution in [2.45, 2.75) is 25.3 Å². The highest BCUT2D eigenvalue weighted by molar-refractivity contribution is 6.02. The van der Waals surface area contributed by atoms with E-state index in [2.05, 4.69) is 15.7 Å². The summed E-state index contributed by atoms with van der Waals surface area (Å²) >= 11 is 0. The van der Waals surface area contributed by atoms with Gasteiger partial charge in [-0.05, 0) is 43.1 Å². The van der Waals surface area contributed by atoms with E-state index in [-0.39, 0.29) is 30.6 Å². The summed E-state index contributed by atoms with van der Waals surface area (Å²) in [6.07, 6.45) is 4.22. The van der Waals surface area contributed by atoms with Crippen LogP contribution in [0.1, 0.15) is 34.9 Å². The Hall–Kier alpha value is -2.38. The lowest BCUT2D eigenvalue weighted by molar-refractivity contribution is -0.117. The maximum Gasteiger partial charge on any atom is 0.276 e. The highest BCUT2D eigenvalue weighted by Crippen LogP contribution is 2.16. The number of benzene rings is 1. The Bertz CT molecular complexity index is 723. The average Bonchev–Trinajstić information content (AvgIpc) is 3.07. The molecule has 8 heteroatoms. The van der Waals surface area contributed by atoms with Crippen LogP contribution < -0.4 is 16.4 Å². The van der Waals surface area contributed by atoms with Gasteiger partial charge < -0.3 is 16.4 Å². The molecule has 0 aliphatic carbocycles. The number of hydrogen-bond acceptors (Lipinski definition) is 4. The van der Waals surface area contributed by atoms with Crippen molar-refractivity contribution in [2.75, 3.05) is 18.4 Å². The van der Waals surface area contributed by atoms with Gasteiger partial charge in [0.25, 0.3) is 5.91 Å². The zero-order valence-corrected chi connectivity index (χ0v) is 14.6. The van der Waals surface area contributed by atoms with Gasteiger partial charge in [-0.3, -0.25) is 14.3 Å². The molecule has 1 fully saturated rings. The van der Waals surface area contributed by atoms with E-state index in [1.165, 1.54) is 0 Å². The summed E-state index contributed by atoms with van der Waals surface area (Å²) in [4.78, 5) is 23.2. The number of anilines is 1. The van der Waals surface area contributed by atoms with E-state index in [4.69, 9.17) is 5.73 Å². The maximum absolute atomic E-state index is 12.3. The van der Waals surface area contributed by atoms with Crippen molar-refractivity contribution in [3.8, 4) is 0 Å². The fourth-order valence-electron chi connectivity index (χ4n) is 2.82. The quantitative estimate of drug-likeness (QED) is 0.749. The summed E-state index contributed by atoms with van der Waals surface area (Å²) < 4.78 is 1.86. The third-order valence-electron chi connectivity index (χ3n) is 4.08. The van der Waals surface area contributed by atoms with Crippen LogP contribution in [-0.2, 0) is 11.2 Å². The SMILES string of the molecule is Cl.NC(=O)Cc1ccc(NC(=O)c2ccn(C3CCCNC3)n2)cc1. The van der Waals surface area contributed by atoms with E-state index in [9.17, 15) is 9.59 Å². The molecule has 1 saturated heterocycles. The van der Waals surface area contributed by atoms with Crippen molar-refractivity contribution in [3.05, 3.63) is 47.8 Å². The first-order valence-electron chi connectivity index (χ1n) is 8.06. The van der Waals surface area contributed by atoms with E-state index >= 15 is 0 Å². The van der Waals surface area contributed by atoms with E-state index in [1.54, 1.807) is 30.3 Å². The largest absolute Gasteiger partial charge is 0.369 e. The molecule has 7 nitrogen and oxygen atoms in total. The molecule has 2 aromatic rings. The average molecular weight is 364 g/mol. The Balaban J connectivity index is 0.00000225. The van der Waals surface area contributed by atoms with Crippen LogP contribution in [0.4, 0.5) is 5.69 Å². The third kappa shape index (κ3) is 5.04. The van der Waals surface area contributed by atoms with Crippen LogP contribution >= 0.6 is 12.4 Å². The molecule has 1 aliphatic heterocycles. The molecule has 4 N–H and O–H groups in total. The number of primary amides is 1. The van der Waals surface area contributed by atoms with Crippen molar-refractivity contribution >= 4 is 29.9 Å². The molecule has 1 aromatic carbocycles. The zero-order valence-electron chi connectivity index (χ0n) is 13.8. The van der Waals surface area contributed by atoms with Gasteiger partial charge in [-0.1, -0.05) is 12.1 Å². The first-order chi connectivity index (χ1) is 11.6. The Morgan fingerprint density at radius 2 is 2.04 bits per heavy atom. The topological polar surface area (TPSA) is 102 Å². The highest BCUT2D eigenvalue weighted by Gasteiger charge is 2.17. The fourth-order valence-corrected chi connectivity index (χ4v) is 2.82. The summed E-state index contributed by atoms with van der Waals surface area (Å²) in [5.41, 5.74) is 7.02. The van der Waals surface area contributed by atoms with Crippen LogP contribution in [0.5, 0.6) is 0 Å². The lowest BCUT2D eigenvalue weighted by atomic mass is 10.1. The minimum Gasteiger partial charge on any atom is -0.369 e. The lowest BCUT2D eigenvalue weighted by Crippen LogP contribution is -2.32. The number of hydrogen-bond donors (Lipinski definition) is 3. The van der Waals surface area contributed by atoms with E-state index in [1.807, 2.05) is 10.9 Å². The number of piperidine rings is 1. The fraction of sp³-hybridized carbons (Fsp3) is 0.353. The van der Waals surface area contributed by atoms with Crippen LogP contribution in [0.25, 0.3) is 0 Å². The summed E-state index contributed by atoms with van der Waals surface area (Å²) in [5, 5.41) is 10.5. The van der Waals surface area contributed by atoms with Gasteiger partial charge in [-0.25, -0.2) is 0 Å². The number of carbonyl (C=O) groups excluding carboxylic acids is 2. The van der Waals surface area contributed by atoms with Crippen molar-refractivity contribution in [2.24, 2.45) is 5.73 Å². The molecule has 0 spiro atoms. The second-order valence-electron chi connectivity index (χ2n) is 5.98. The van der Waals surface area contributed by atoms with E-state index in [0.717, 1.165) is 31.5 Å². The molecule has 134 valence electrons. The standard InChI is InChI=1S/C17H21N5O2.ClH/c18-16(23)10-12-3-5-13(6-4-12)20-17(24)15-7-9-22(21-15)14-2-1-8-19-11-14;/h3-7,9,14,19H,1-2,8,10-11H2,(H2,18,23)(H,20,24);1H. The molecule has 25 heavy (non-hydrogen) atoms. The van der Waals surface area contributed by atoms with Gasteiger partial charge in [0, 0.05) is 18.4 Å². The maximum atomic E-state index is 12.3. The monoisotopic (exact) mass is 363 g/mol. The van der Waals surface area contributed by atoms with Crippen molar-refractivity contribution in [1.29, 1.82) is 0 Å². The normalized spacial score (nSPS) is 16.7. The number of amides is 2. The minimum atomic E-state index is -0.380. The van der Waals surface area contributed by atoms with Gasteiger partial charge in [0.1, 0.15) is 0 Å². The van der Waals surface area contributed by atoms with Gasteiger partial charge >= 0.3 is 0 Å². The van der Waals surface area contributed by atoms with Crippen LogP contribution in [0.2, 0.25) is 0 Å². The van der Waals surface area contributed by atoms with Crippen LogP contribution in [0.3, 0.4) is 0 Å². The van der Waals surface area contributed by atoms with Crippen LogP contribution in [0, 0.1) is 0 Å². The second kappa shape index (κ2) is 8.64. The number of halogens is 1.